The van der Waals surface area contributed by atoms with Crippen LogP contribution in [0.15, 0.2) is 66.1 Å². The Morgan fingerprint density at radius 3 is 2.73 bits per heavy atom. The molecule has 0 saturated carbocycles. The number of carbonyl (C=O) groups excluding carboxylic acids is 1. The smallest absolute Gasteiger partial charge is 0.253 e. The molecule has 0 atom stereocenters. The fourth-order valence-electron chi connectivity index (χ4n) is 3.79. The van der Waals surface area contributed by atoms with Crippen LogP contribution in [0.2, 0.25) is 5.02 Å². The van der Waals surface area contributed by atoms with Crippen molar-refractivity contribution < 1.29 is 4.79 Å². The molecule has 156 valence electrons. The predicted octanol–water partition coefficient (Wildman–Crippen LogP) is 4.60. The molecule has 1 amide bonds. The lowest BCUT2D eigenvalue weighted by Gasteiger charge is -2.22. The summed E-state index contributed by atoms with van der Waals surface area (Å²) in [6.07, 6.45) is 6.68. The number of aromatic nitrogens is 2. The number of halogens is 1. The molecule has 1 aromatic heterocycles. The van der Waals surface area contributed by atoms with E-state index in [4.69, 9.17) is 11.6 Å². The largest absolute Gasteiger partial charge is 0.337 e. The molecule has 0 radical (unpaired) electrons. The first-order chi connectivity index (χ1) is 14.6. The van der Waals surface area contributed by atoms with Crippen molar-refractivity contribution in [3.8, 4) is 5.69 Å². The molecule has 0 aliphatic carbocycles. The van der Waals surface area contributed by atoms with Crippen molar-refractivity contribution in [2.45, 2.75) is 18.1 Å². The van der Waals surface area contributed by atoms with Crippen LogP contribution in [0.1, 0.15) is 22.3 Å². The van der Waals surface area contributed by atoms with E-state index in [-0.39, 0.29) is 5.91 Å². The Balaban J connectivity index is 1.43. The summed E-state index contributed by atoms with van der Waals surface area (Å²) in [4.78, 5) is 21.9. The number of benzene rings is 2. The van der Waals surface area contributed by atoms with E-state index in [0.29, 0.717) is 0 Å². The number of carbonyl (C=O) groups is 1. The second-order valence-corrected chi connectivity index (χ2v) is 8.59. The number of nitrogens with zero attached hydrogens (tertiary/aromatic N) is 4. The van der Waals surface area contributed by atoms with Gasteiger partial charge in [0.15, 0.2) is 5.16 Å². The van der Waals surface area contributed by atoms with Crippen LogP contribution in [0.5, 0.6) is 0 Å². The molecule has 0 N–H and O–H groups in total. The molecule has 1 aliphatic rings. The van der Waals surface area contributed by atoms with Crippen molar-refractivity contribution in [2.75, 3.05) is 32.4 Å². The topological polar surface area (TPSA) is 41.4 Å². The Labute approximate surface area is 186 Å². The van der Waals surface area contributed by atoms with Gasteiger partial charge in [-0.2, -0.15) is 0 Å². The summed E-state index contributed by atoms with van der Waals surface area (Å²) in [5.41, 5.74) is 2.93. The van der Waals surface area contributed by atoms with E-state index in [1.807, 2.05) is 58.3 Å². The summed E-state index contributed by atoms with van der Waals surface area (Å²) in [7, 11) is 0. The highest BCUT2D eigenvalue weighted by molar-refractivity contribution is 7.98. The zero-order chi connectivity index (χ0) is 20.9. The molecular weight excluding hydrogens is 416 g/mol. The van der Waals surface area contributed by atoms with Crippen molar-refractivity contribution in [1.29, 1.82) is 0 Å². The van der Waals surface area contributed by atoms with Gasteiger partial charge in [-0.3, -0.25) is 14.3 Å². The summed E-state index contributed by atoms with van der Waals surface area (Å²) in [6, 6.07) is 15.8. The number of thioether (sulfide) groups is 1. The normalized spacial score (nSPS) is 15.2. The molecule has 1 fully saturated rings. The van der Waals surface area contributed by atoms with Gasteiger partial charge in [-0.15, -0.1) is 0 Å². The minimum Gasteiger partial charge on any atom is -0.337 e. The predicted molar refractivity (Wildman–Crippen MR) is 123 cm³/mol. The molecule has 4 rings (SSSR count). The van der Waals surface area contributed by atoms with Crippen LogP contribution >= 0.6 is 23.4 Å². The first-order valence-corrected chi connectivity index (χ1v) is 11.7. The van der Waals surface area contributed by atoms with E-state index in [2.05, 4.69) is 22.0 Å². The van der Waals surface area contributed by atoms with Gasteiger partial charge in [-0.1, -0.05) is 41.6 Å². The highest BCUT2D eigenvalue weighted by atomic mass is 35.5. The van der Waals surface area contributed by atoms with Gasteiger partial charge in [0, 0.05) is 61.4 Å². The minimum absolute atomic E-state index is 0.0935. The lowest BCUT2D eigenvalue weighted by molar-refractivity contribution is 0.0761. The highest BCUT2D eigenvalue weighted by Crippen LogP contribution is 2.20. The third-order valence-electron chi connectivity index (χ3n) is 5.36. The minimum atomic E-state index is 0.0935. The molecule has 0 spiro atoms. The van der Waals surface area contributed by atoms with Crippen LogP contribution in [-0.2, 0) is 6.54 Å². The third kappa shape index (κ3) is 4.89. The van der Waals surface area contributed by atoms with E-state index in [0.717, 1.165) is 60.6 Å². The summed E-state index contributed by atoms with van der Waals surface area (Å²) in [5.74, 6) is 0.0935. The van der Waals surface area contributed by atoms with Gasteiger partial charge in [-0.05, 0) is 48.6 Å². The Kier molecular flexibility index (Phi) is 6.77. The molecule has 0 bridgehead atoms. The van der Waals surface area contributed by atoms with Crippen molar-refractivity contribution in [3.63, 3.8) is 0 Å². The van der Waals surface area contributed by atoms with Gasteiger partial charge in [0.2, 0.25) is 0 Å². The van der Waals surface area contributed by atoms with E-state index in [1.54, 1.807) is 18.0 Å². The molecule has 2 aromatic carbocycles. The highest BCUT2D eigenvalue weighted by Gasteiger charge is 2.21. The van der Waals surface area contributed by atoms with Gasteiger partial charge >= 0.3 is 0 Å². The van der Waals surface area contributed by atoms with Crippen LogP contribution in [0.25, 0.3) is 5.69 Å². The summed E-state index contributed by atoms with van der Waals surface area (Å²) < 4.78 is 2.01. The lowest BCUT2D eigenvalue weighted by Crippen LogP contribution is -2.35. The Morgan fingerprint density at radius 2 is 1.93 bits per heavy atom. The lowest BCUT2D eigenvalue weighted by atomic mass is 10.1. The second-order valence-electron chi connectivity index (χ2n) is 7.38. The van der Waals surface area contributed by atoms with Crippen LogP contribution in [0, 0.1) is 0 Å². The Hall–Kier alpha value is -2.28. The van der Waals surface area contributed by atoms with E-state index < -0.39 is 0 Å². The summed E-state index contributed by atoms with van der Waals surface area (Å²) >= 11 is 7.58. The van der Waals surface area contributed by atoms with Crippen LogP contribution in [0.4, 0.5) is 0 Å². The molecule has 1 saturated heterocycles. The Morgan fingerprint density at radius 1 is 1.10 bits per heavy atom. The molecule has 1 aliphatic heterocycles. The van der Waals surface area contributed by atoms with Gasteiger partial charge < -0.3 is 4.90 Å². The molecule has 7 heteroatoms. The van der Waals surface area contributed by atoms with E-state index in [9.17, 15) is 4.79 Å². The standard InChI is InChI=1S/C23H25ClN4OS/c1-30-23-25-10-13-28(23)21-5-2-4-19(16-21)22(29)27-12-3-11-26(14-15-27)17-18-6-8-20(24)9-7-18/h2,4-10,13,16H,3,11-12,14-15,17H2,1H3. The van der Waals surface area contributed by atoms with Gasteiger partial charge in [0.25, 0.3) is 5.91 Å². The fraction of sp³-hybridized carbons (Fsp3) is 0.304. The number of hydrogen-bond donors (Lipinski definition) is 0. The SMILES string of the molecule is CSc1nccn1-c1cccc(C(=O)N2CCCN(Cc3ccc(Cl)cc3)CC2)c1. The van der Waals surface area contributed by atoms with Crippen molar-refractivity contribution in [1.82, 2.24) is 19.4 Å². The maximum Gasteiger partial charge on any atom is 0.253 e. The average molecular weight is 441 g/mol. The van der Waals surface area contributed by atoms with Crippen molar-refractivity contribution in [3.05, 3.63) is 77.1 Å². The molecule has 30 heavy (non-hydrogen) atoms. The summed E-state index contributed by atoms with van der Waals surface area (Å²) in [5, 5.41) is 1.67. The maximum atomic E-state index is 13.2. The first-order valence-electron chi connectivity index (χ1n) is 10.1. The van der Waals surface area contributed by atoms with Crippen molar-refractivity contribution in [2.24, 2.45) is 0 Å². The molecule has 2 heterocycles. The van der Waals surface area contributed by atoms with E-state index >= 15 is 0 Å². The summed E-state index contributed by atoms with van der Waals surface area (Å²) in [6.45, 7) is 4.25. The zero-order valence-electron chi connectivity index (χ0n) is 17.0. The molecule has 3 aromatic rings. The monoisotopic (exact) mass is 440 g/mol. The maximum absolute atomic E-state index is 13.2. The van der Waals surface area contributed by atoms with Crippen molar-refractivity contribution >= 4 is 29.3 Å². The first kappa shape index (κ1) is 21.0. The third-order valence-corrected chi connectivity index (χ3v) is 6.28. The van der Waals surface area contributed by atoms with Gasteiger partial charge in [0.1, 0.15) is 0 Å². The number of hydrogen-bond acceptors (Lipinski definition) is 4. The molecule has 0 unspecified atom stereocenters. The second kappa shape index (κ2) is 9.69. The van der Waals surface area contributed by atoms with Gasteiger partial charge in [-0.25, -0.2) is 4.98 Å². The van der Waals surface area contributed by atoms with Gasteiger partial charge in [0.05, 0.1) is 0 Å². The zero-order valence-corrected chi connectivity index (χ0v) is 18.6. The average Bonchev–Trinajstić information content (AvgIpc) is 3.14. The molecule has 5 nitrogen and oxygen atoms in total. The molecular formula is C23H25ClN4OS. The van der Waals surface area contributed by atoms with Crippen LogP contribution < -0.4 is 0 Å². The Bertz CT molecular complexity index is 1000. The van der Waals surface area contributed by atoms with E-state index in [1.165, 1.54) is 5.56 Å². The quantitative estimate of drug-likeness (QED) is 0.544. The number of rotatable bonds is 5. The number of imidazole rings is 1. The van der Waals surface area contributed by atoms with Crippen LogP contribution in [-0.4, -0.2) is 57.7 Å². The fourth-order valence-corrected chi connectivity index (χ4v) is 4.44. The van der Waals surface area contributed by atoms with Crippen LogP contribution in [0.3, 0.4) is 0 Å². The number of amides is 1.